The Balaban J connectivity index is 1.60. The Morgan fingerprint density at radius 2 is 1.88 bits per heavy atom. The normalized spacial score (nSPS) is 14.2. The molecule has 1 aliphatic heterocycles. The second kappa shape index (κ2) is 9.51. The summed E-state index contributed by atoms with van der Waals surface area (Å²) in [5, 5.41) is 8.14. The van der Waals surface area contributed by atoms with Gasteiger partial charge < -0.3 is 10.2 Å². The minimum Gasteiger partial charge on any atom is -0.351 e. The molecule has 3 heterocycles. The Labute approximate surface area is 188 Å². The number of aryl methyl sites for hydroxylation is 1. The molecule has 1 N–H and O–H groups in total. The van der Waals surface area contributed by atoms with Crippen LogP contribution in [0.4, 0.5) is 0 Å². The largest absolute Gasteiger partial charge is 0.351 e. The van der Waals surface area contributed by atoms with E-state index < -0.39 is 0 Å². The number of piperidine rings is 1. The highest BCUT2D eigenvalue weighted by Crippen LogP contribution is 2.28. The fourth-order valence-corrected chi connectivity index (χ4v) is 4.26. The lowest BCUT2D eigenvalue weighted by atomic mass is 10.0. The van der Waals surface area contributed by atoms with Crippen molar-refractivity contribution in [1.29, 1.82) is 0 Å². The molecule has 2 amide bonds. The average Bonchev–Trinajstić information content (AvgIpc) is 3.23. The van der Waals surface area contributed by atoms with Gasteiger partial charge in [-0.2, -0.15) is 5.10 Å². The van der Waals surface area contributed by atoms with Gasteiger partial charge >= 0.3 is 0 Å². The number of carbonyl (C=O) groups excluding carboxylic acids is 2. The van der Waals surface area contributed by atoms with Crippen LogP contribution in [0, 0.1) is 6.92 Å². The first-order valence-electron chi connectivity index (χ1n) is 11.5. The summed E-state index contributed by atoms with van der Waals surface area (Å²) in [6, 6.07) is 9.96. The molecule has 0 radical (unpaired) electrons. The van der Waals surface area contributed by atoms with Crippen LogP contribution >= 0.6 is 0 Å². The second-order valence-corrected chi connectivity index (χ2v) is 8.74. The van der Waals surface area contributed by atoms with Gasteiger partial charge in [-0.3, -0.25) is 9.59 Å². The van der Waals surface area contributed by atoms with E-state index in [1.165, 1.54) is 6.42 Å². The van der Waals surface area contributed by atoms with E-state index in [-0.39, 0.29) is 17.9 Å². The van der Waals surface area contributed by atoms with Crippen molar-refractivity contribution in [3.05, 3.63) is 47.7 Å². The van der Waals surface area contributed by atoms with Gasteiger partial charge in [0.15, 0.2) is 5.65 Å². The second-order valence-electron chi connectivity index (χ2n) is 8.74. The lowest BCUT2D eigenvalue weighted by Crippen LogP contribution is -2.37. The van der Waals surface area contributed by atoms with Gasteiger partial charge in [0, 0.05) is 37.7 Å². The Bertz CT molecular complexity index is 1130. The molecule has 1 aliphatic rings. The van der Waals surface area contributed by atoms with Crippen molar-refractivity contribution in [3.63, 3.8) is 0 Å². The minimum atomic E-state index is -0.206. The van der Waals surface area contributed by atoms with Crippen LogP contribution in [-0.2, 0) is 4.79 Å². The Morgan fingerprint density at radius 3 is 2.59 bits per heavy atom. The molecule has 1 fully saturated rings. The molecule has 7 heteroatoms. The van der Waals surface area contributed by atoms with E-state index in [1.807, 2.05) is 60.7 Å². The SMILES string of the molecule is Cc1ccccc1-c1cc(C(=O)NCCC(=O)N2CCCCC2)c2cnn(C(C)C)c2n1. The topological polar surface area (TPSA) is 80.1 Å². The predicted octanol–water partition coefficient (Wildman–Crippen LogP) is 4.12. The molecule has 1 aromatic carbocycles. The third-order valence-corrected chi connectivity index (χ3v) is 6.05. The first-order valence-corrected chi connectivity index (χ1v) is 11.5. The van der Waals surface area contributed by atoms with Crippen LogP contribution in [0.5, 0.6) is 0 Å². The molecular formula is C25H31N5O2. The van der Waals surface area contributed by atoms with Crippen LogP contribution < -0.4 is 5.32 Å². The molecule has 32 heavy (non-hydrogen) atoms. The molecule has 0 saturated carbocycles. The van der Waals surface area contributed by atoms with Crippen molar-refractivity contribution in [3.8, 4) is 11.3 Å². The zero-order valence-electron chi connectivity index (χ0n) is 19.1. The predicted molar refractivity (Wildman–Crippen MR) is 125 cm³/mol. The number of aromatic nitrogens is 3. The number of pyridine rings is 1. The molecule has 0 unspecified atom stereocenters. The molecule has 168 valence electrons. The van der Waals surface area contributed by atoms with Gasteiger partial charge in [-0.25, -0.2) is 9.67 Å². The number of carbonyl (C=O) groups is 2. The zero-order chi connectivity index (χ0) is 22.7. The van der Waals surface area contributed by atoms with Gasteiger partial charge in [-0.05, 0) is 51.7 Å². The minimum absolute atomic E-state index is 0.109. The van der Waals surface area contributed by atoms with E-state index in [4.69, 9.17) is 4.98 Å². The summed E-state index contributed by atoms with van der Waals surface area (Å²) in [7, 11) is 0. The van der Waals surface area contributed by atoms with Gasteiger partial charge in [-0.1, -0.05) is 24.3 Å². The third-order valence-electron chi connectivity index (χ3n) is 6.05. The highest BCUT2D eigenvalue weighted by Gasteiger charge is 2.20. The monoisotopic (exact) mass is 433 g/mol. The average molecular weight is 434 g/mol. The number of amides is 2. The van der Waals surface area contributed by atoms with Crippen LogP contribution in [0.25, 0.3) is 22.3 Å². The van der Waals surface area contributed by atoms with Crippen molar-refractivity contribution < 1.29 is 9.59 Å². The van der Waals surface area contributed by atoms with E-state index in [0.717, 1.165) is 48.1 Å². The van der Waals surface area contributed by atoms with E-state index in [1.54, 1.807) is 6.20 Å². The van der Waals surface area contributed by atoms with Crippen LogP contribution in [0.15, 0.2) is 36.5 Å². The summed E-state index contributed by atoms with van der Waals surface area (Å²) in [6.45, 7) is 8.09. The van der Waals surface area contributed by atoms with Crippen molar-refractivity contribution in [2.75, 3.05) is 19.6 Å². The van der Waals surface area contributed by atoms with Gasteiger partial charge in [0.25, 0.3) is 5.91 Å². The van der Waals surface area contributed by atoms with Crippen molar-refractivity contribution >= 4 is 22.8 Å². The highest BCUT2D eigenvalue weighted by molar-refractivity contribution is 6.06. The molecule has 4 rings (SSSR count). The fourth-order valence-electron chi connectivity index (χ4n) is 4.26. The molecule has 0 spiro atoms. The summed E-state index contributed by atoms with van der Waals surface area (Å²) in [5.41, 5.74) is 4.04. The lowest BCUT2D eigenvalue weighted by molar-refractivity contribution is -0.131. The van der Waals surface area contributed by atoms with E-state index >= 15 is 0 Å². The number of fused-ring (bicyclic) bond motifs is 1. The number of hydrogen-bond donors (Lipinski definition) is 1. The number of rotatable bonds is 6. The zero-order valence-corrected chi connectivity index (χ0v) is 19.1. The molecule has 0 atom stereocenters. The van der Waals surface area contributed by atoms with Gasteiger partial charge in [0.2, 0.25) is 5.91 Å². The maximum atomic E-state index is 13.2. The molecule has 2 aromatic heterocycles. The molecule has 3 aromatic rings. The smallest absolute Gasteiger partial charge is 0.252 e. The number of nitrogens with zero attached hydrogens (tertiary/aromatic N) is 4. The molecule has 1 saturated heterocycles. The maximum absolute atomic E-state index is 13.2. The summed E-state index contributed by atoms with van der Waals surface area (Å²) in [4.78, 5) is 32.4. The fraction of sp³-hybridized carbons (Fsp3) is 0.440. The Morgan fingerprint density at radius 1 is 1.12 bits per heavy atom. The van der Waals surface area contributed by atoms with Crippen LogP contribution in [0.1, 0.15) is 61.5 Å². The summed E-state index contributed by atoms with van der Waals surface area (Å²) >= 11 is 0. The molecule has 0 bridgehead atoms. The highest BCUT2D eigenvalue weighted by atomic mass is 16.2. The Hall–Kier alpha value is -3.22. The molecule has 0 aliphatic carbocycles. The number of likely N-dealkylation sites (tertiary alicyclic amines) is 1. The first-order chi connectivity index (χ1) is 15.5. The standard InChI is InChI=1S/C25H31N5O2/c1-17(2)30-24-21(16-27-30)20(15-22(28-24)19-10-6-5-9-18(19)3)25(32)26-12-11-23(31)29-13-7-4-8-14-29/h5-6,9-10,15-17H,4,7-8,11-14H2,1-3H3,(H,26,32). The van der Waals surface area contributed by atoms with Crippen molar-refractivity contribution in [1.82, 2.24) is 25.0 Å². The Kier molecular flexibility index (Phi) is 6.53. The summed E-state index contributed by atoms with van der Waals surface area (Å²) in [6.07, 6.45) is 5.34. The van der Waals surface area contributed by atoms with Gasteiger partial charge in [0.1, 0.15) is 0 Å². The maximum Gasteiger partial charge on any atom is 0.252 e. The van der Waals surface area contributed by atoms with E-state index in [2.05, 4.69) is 10.4 Å². The van der Waals surface area contributed by atoms with Crippen LogP contribution in [0.2, 0.25) is 0 Å². The third kappa shape index (κ3) is 4.52. The van der Waals surface area contributed by atoms with Crippen molar-refractivity contribution in [2.24, 2.45) is 0 Å². The lowest BCUT2D eigenvalue weighted by Gasteiger charge is -2.26. The van der Waals surface area contributed by atoms with Crippen LogP contribution in [-0.4, -0.2) is 51.1 Å². The van der Waals surface area contributed by atoms with Crippen molar-refractivity contribution in [2.45, 2.75) is 52.5 Å². The first kappa shape index (κ1) is 22.0. The number of nitrogens with one attached hydrogen (secondary N) is 1. The molecule has 7 nitrogen and oxygen atoms in total. The summed E-state index contributed by atoms with van der Waals surface area (Å²) < 4.78 is 1.84. The summed E-state index contributed by atoms with van der Waals surface area (Å²) in [5.74, 6) is -0.0971. The molecular weight excluding hydrogens is 402 g/mol. The quantitative estimate of drug-likeness (QED) is 0.634. The van der Waals surface area contributed by atoms with Crippen LogP contribution in [0.3, 0.4) is 0 Å². The number of hydrogen-bond acceptors (Lipinski definition) is 4. The van der Waals surface area contributed by atoms with Gasteiger partial charge in [-0.15, -0.1) is 0 Å². The van der Waals surface area contributed by atoms with E-state index in [0.29, 0.717) is 24.2 Å². The van der Waals surface area contributed by atoms with Gasteiger partial charge in [0.05, 0.1) is 22.8 Å². The number of benzene rings is 1. The van der Waals surface area contributed by atoms with E-state index in [9.17, 15) is 9.59 Å².